The fourth-order valence-corrected chi connectivity index (χ4v) is 2.37. The summed E-state index contributed by atoms with van der Waals surface area (Å²) in [6.45, 7) is -0.382. The molecule has 1 aliphatic heterocycles. The molecule has 0 aromatic carbocycles. The van der Waals surface area contributed by atoms with E-state index in [9.17, 15) is 14.4 Å². The lowest BCUT2D eigenvalue weighted by molar-refractivity contribution is -0.144. The smallest absolute Gasteiger partial charge is 0.328 e. The number of hydrogen-bond donors (Lipinski definition) is 2. The number of nitrogens with one attached hydrogen (secondary N) is 1. The van der Waals surface area contributed by atoms with E-state index in [0.717, 1.165) is 4.90 Å². The van der Waals surface area contributed by atoms with Crippen molar-refractivity contribution < 1.29 is 23.9 Å². The minimum atomic E-state index is -1.16. The van der Waals surface area contributed by atoms with Crippen LogP contribution in [0.25, 0.3) is 0 Å². The van der Waals surface area contributed by atoms with Crippen LogP contribution in [0, 0.1) is 0 Å². The first-order chi connectivity index (χ1) is 9.52. The summed E-state index contributed by atoms with van der Waals surface area (Å²) in [6.07, 6.45) is 1.90. The maximum Gasteiger partial charge on any atom is 0.328 e. The van der Waals surface area contributed by atoms with Crippen LogP contribution in [-0.4, -0.2) is 53.2 Å². The van der Waals surface area contributed by atoms with Crippen molar-refractivity contribution >= 4 is 29.5 Å². The molecule has 20 heavy (non-hydrogen) atoms. The number of carbonyl (C=O) groups excluding carboxylic acids is 2. The van der Waals surface area contributed by atoms with Crippen LogP contribution in [0.3, 0.4) is 0 Å². The largest absolute Gasteiger partial charge is 0.480 e. The number of nitrogens with zero attached hydrogens (tertiary/aromatic N) is 1. The number of piperazine rings is 1. The van der Waals surface area contributed by atoms with Crippen LogP contribution in [0.5, 0.6) is 0 Å². The van der Waals surface area contributed by atoms with Crippen LogP contribution in [0.1, 0.15) is 16.3 Å². The first kappa shape index (κ1) is 14.4. The monoisotopic (exact) mass is 298 g/mol. The Bertz CT molecular complexity index is 542. The van der Waals surface area contributed by atoms with E-state index in [1.54, 1.807) is 17.8 Å². The maximum absolute atomic E-state index is 12.3. The van der Waals surface area contributed by atoms with Gasteiger partial charge in [-0.3, -0.25) is 9.59 Å². The van der Waals surface area contributed by atoms with Gasteiger partial charge in [0.1, 0.15) is 18.3 Å². The molecule has 1 atom stereocenters. The van der Waals surface area contributed by atoms with E-state index >= 15 is 0 Å². The van der Waals surface area contributed by atoms with E-state index in [1.807, 2.05) is 6.26 Å². The van der Waals surface area contributed by atoms with Gasteiger partial charge in [0, 0.05) is 6.54 Å². The molecular formula is C12H14N2O5S. The van der Waals surface area contributed by atoms with Gasteiger partial charge in [0.05, 0.1) is 5.75 Å². The SMILES string of the molecule is CSCc1ccc(C(=O)N2CC(=O)NCC2C(=O)O)o1. The number of amides is 2. The molecule has 2 heterocycles. The number of hydrogen-bond acceptors (Lipinski definition) is 5. The second kappa shape index (κ2) is 6.00. The van der Waals surface area contributed by atoms with Gasteiger partial charge in [-0.2, -0.15) is 11.8 Å². The fourth-order valence-electron chi connectivity index (χ4n) is 1.93. The molecule has 8 heteroatoms. The highest BCUT2D eigenvalue weighted by molar-refractivity contribution is 7.97. The first-order valence-electron chi connectivity index (χ1n) is 5.91. The Kier molecular flexibility index (Phi) is 4.33. The predicted molar refractivity (Wildman–Crippen MR) is 71.4 cm³/mol. The number of furan rings is 1. The third-order valence-corrected chi connectivity index (χ3v) is 3.46. The van der Waals surface area contributed by atoms with Gasteiger partial charge in [-0.1, -0.05) is 0 Å². The van der Waals surface area contributed by atoms with Crippen LogP contribution in [0.2, 0.25) is 0 Å². The summed E-state index contributed by atoms with van der Waals surface area (Å²) >= 11 is 1.54. The van der Waals surface area contributed by atoms with Crippen LogP contribution >= 0.6 is 11.8 Å². The Hall–Kier alpha value is -1.96. The summed E-state index contributed by atoms with van der Waals surface area (Å²) in [6, 6.07) is 2.09. The summed E-state index contributed by atoms with van der Waals surface area (Å²) in [4.78, 5) is 35.8. The summed E-state index contributed by atoms with van der Waals surface area (Å²) in [5.41, 5.74) is 0. The van der Waals surface area contributed by atoms with Crippen molar-refractivity contribution in [1.82, 2.24) is 10.2 Å². The molecule has 1 unspecified atom stereocenters. The Morgan fingerprint density at radius 1 is 1.55 bits per heavy atom. The molecule has 7 nitrogen and oxygen atoms in total. The summed E-state index contributed by atoms with van der Waals surface area (Å²) in [7, 11) is 0. The lowest BCUT2D eigenvalue weighted by Gasteiger charge is -2.31. The van der Waals surface area contributed by atoms with Crippen LogP contribution in [-0.2, 0) is 15.3 Å². The van der Waals surface area contributed by atoms with E-state index in [4.69, 9.17) is 9.52 Å². The van der Waals surface area contributed by atoms with Crippen molar-refractivity contribution in [2.75, 3.05) is 19.3 Å². The Labute approximate surface area is 119 Å². The molecule has 108 valence electrons. The molecule has 0 saturated carbocycles. The third kappa shape index (κ3) is 2.96. The zero-order valence-corrected chi connectivity index (χ0v) is 11.6. The van der Waals surface area contributed by atoms with E-state index in [-0.39, 0.29) is 24.8 Å². The zero-order valence-electron chi connectivity index (χ0n) is 10.8. The number of aliphatic carboxylic acids is 1. The van der Waals surface area contributed by atoms with Crippen molar-refractivity contribution in [1.29, 1.82) is 0 Å². The van der Waals surface area contributed by atoms with Crippen molar-refractivity contribution in [3.8, 4) is 0 Å². The predicted octanol–water partition coefficient (Wildman–Crippen LogP) is 0.168. The number of thioether (sulfide) groups is 1. The van der Waals surface area contributed by atoms with Crippen molar-refractivity contribution in [3.05, 3.63) is 23.7 Å². The van der Waals surface area contributed by atoms with Crippen LogP contribution in [0.4, 0.5) is 0 Å². The summed E-state index contributed by atoms with van der Waals surface area (Å²) in [5.74, 6) is -0.819. The molecule has 1 aliphatic rings. The molecule has 1 aromatic heterocycles. The Morgan fingerprint density at radius 3 is 2.95 bits per heavy atom. The van der Waals surface area contributed by atoms with Gasteiger partial charge in [0.25, 0.3) is 5.91 Å². The van der Waals surface area contributed by atoms with Crippen molar-refractivity contribution in [2.45, 2.75) is 11.8 Å². The molecule has 0 spiro atoms. The lowest BCUT2D eigenvalue weighted by atomic mass is 10.1. The molecule has 0 radical (unpaired) electrons. The number of carbonyl (C=O) groups is 3. The summed E-state index contributed by atoms with van der Waals surface area (Å²) in [5, 5.41) is 11.5. The molecular weight excluding hydrogens is 284 g/mol. The average molecular weight is 298 g/mol. The molecule has 2 amide bonds. The minimum absolute atomic E-state index is 0.0509. The minimum Gasteiger partial charge on any atom is -0.480 e. The topological polar surface area (TPSA) is 99.9 Å². The van der Waals surface area contributed by atoms with Gasteiger partial charge in [-0.05, 0) is 18.4 Å². The molecule has 1 aromatic rings. The van der Waals surface area contributed by atoms with Crippen LogP contribution < -0.4 is 5.32 Å². The quantitative estimate of drug-likeness (QED) is 0.822. The van der Waals surface area contributed by atoms with E-state index in [0.29, 0.717) is 11.5 Å². The van der Waals surface area contributed by atoms with Gasteiger partial charge in [-0.25, -0.2) is 4.79 Å². The van der Waals surface area contributed by atoms with Crippen molar-refractivity contribution in [2.24, 2.45) is 0 Å². The first-order valence-corrected chi connectivity index (χ1v) is 7.30. The highest BCUT2D eigenvalue weighted by atomic mass is 32.2. The second-order valence-corrected chi connectivity index (χ2v) is 5.16. The van der Waals surface area contributed by atoms with Gasteiger partial charge in [0.2, 0.25) is 5.91 Å². The molecule has 2 N–H and O–H groups in total. The Morgan fingerprint density at radius 2 is 2.30 bits per heavy atom. The number of rotatable bonds is 4. The van der Waals surface area contributed by atoms with Gasteiger partial charge in [-0.15, -0.1) is 0 Å². The summed E-state index contributed by atoms with van der Waals surface area (Å²) < 4.78 is 5.37. The standard InChI is InChI=1S/C12H14N2O5S/c1-20-6-7-2-3-9(19-7)11(16)14-5-10(15)13-4-8(14)12(17)18/h2-3,8H,4-6H2,1H3,(H,13,15)(H,17,18). The van der Waals surface area contributed by atoms with Gasteiger partial charge >= 0.3 is 5.97 Å². The third-order valence-electron chi connectivity index (χ3n) is 2.89. The Balaban J connectivity index is 2.19. The highest BCUT2D eigenvalue weighted by Gasteiger charge is 2.36. The normalized spacial score (nSPS) is 18.8. The van der Waals surface area contributed by atoms with E-state index < -0.39 is 17.9 Å². The van der Waals surface area contributed by atoms with Crippen LogP contribution in [0.15, 0.2) is 16.5 Å². The molecule has 2 rings (SSSR count). The van der Waals surface area contributed by atoms with Crippen molar-refractivity contribution in [3.63, 3.8) is 0 Å². The fraction of sp³-hybridized carbons (Fsp3) is 0.417. The zero-order chi connectivity index (χ0) is 14.7. The van der Waals surface area contributed by atoms with Gasteiger partial charge in [0.15, 0.2) is 5.76 Å². The van der Waals surface area contributed by atoms with E-state index in [2.05, 4.69) is 5.32 Å². The molecule has 0 bridgehead atoms. The molecule has 0 aliphatic carbocycles. The second-order valence-electron chi connectivity index (χ2n) is 4.29. The van der Waals surface area contributed by atoms with Gasteiger partial charge < -0.3 is 19.7 Å². The number of carboxylic acids is 1. The van der Waals surface area contributed by atoms with E-state index in [1.165, 1.54) is 6.07 Å². The molecule has 1 fully saturated rings. The lowest BCUT2D eigenvalue weighted by Crippen LogP contribution is -2.59. The maximum atomic E-state index is 12.3. The molecule has 1 saturated heterocycles. The highest BCUT2D eigenvalue weighted by Crippen LogP contribution is 2.17. The number of carboxylic acid groups (broad SMARTS) is 1. The average Bonchev–Trinajstić information content (AvgIpc) is 2.86.